The van der Waals surface area contributed by atoms with Gasteiger partial charge in [-0.1, -0.05) is 46.3 Å². The molecule has 0 radical (unpaired) electrons. The lowest BCUT2D eigenvalue weighted by atomic mass is 9.88. The van der Waals surface area contributed by atoms with Gasteiger partial charge in [0.25, 0.3) is 0 Å². The molecule has 1 N–H and O–H groups in total. The Morgan fingerprint density at radius 1 is 1.11 bits per heavy atom. The Bertz CT molecular complexity index is 535. The zero-order valence-corrected chi connectivity index (χ0v) is 11.9. The van der Waals surface area contributed by atoms with Gasteiger partial charge in [-0.05, 0) is 30.7 Å². The summed E-state index contributed by atoms with van der Waals surface area (Å²) >= 11 is 3.48. The van der Waals surface area contributed by atoms with Crippen LogP contribution in [-0.2, 0) is 5.60 Å². The molecular weight excluding hydrogens is 292 g/mol. The number of aliphatic hydroxyl groups is 1. The van der Waals surface area contributed by atoms with E-state index in [0.29, 0.717) is 0 Å². The predicted molar refractivity (Wildman–Crippen MR) is 75.8 cm³/mol. The largest absolute Gasteiger partial charge is 0.497 e. The van der Waals surface area contributed by atoms with Crippen molar-refractivity contribution in [2.45, 2.75) is 12.5 Å². The summed E-state index contributed by atoms with van der Waals surface area (Å²) in [5, 5.41) is 10.8. The van der Waals surface area contributed by atoms with Crippen molar-refractivity contribution in [2.24, 2.45) is 0 Å². The monoisotopic (exact) mass is 306 g/mol. The molecule has 0 aliphatic heterocycles. The van der Waals surface area contributed by atoms with E-state index < -0.39 is 5.60 Å². The Hall–Kier alpha value is -1.32. The van der Waals surface area contributed by atoms with Crippen LogP contribution in [0.25, 0.3) is 0 Å². The molecule has 18 heavy (non-hydrogen) atoms. The minimum atomic E-state index is -1.06. The van der Waals surface area contributed by atoms with E-state index in [1.165, 1.54) is 0 Å². The number of rotatable bonds is 3. The first kappa shape index (κ1) is 13.1. The number of hydrogen-bond acceptors (Lipinski definition) is 2. The molecule has 2 rings (SSSR count). The van der Waals surface area contributed by atoms with E-state index in [2.05, 4.69) is 15.9 Å². The molecule has 0 aliphatic rings. The second-order valence-electron chi connectivity index (χ2n) is 4.28. The first-order valence-electron chi connectivity index (χ1n) is 5.67. The summed E-state index contributed by atoms with van der Waals surface area (Å²) in [6.45, 7) is 1.78. The molecule has 1 unspecified atom stereocenters. The molecule has 0 amide bonds. The fourth-order valence-corrected chi connectivity index (χ4v) is 2.56. The number of hydrogen-bond donors (Lipinski definition) is 1. The van der Waals surface area contributed by atoms with Crippen molar-refractivity contribution in [3.63, 3.8) is 0 Å². The summed E-state index contributed by atoms with van der Waals surface area (Å²) in [5.74, 6) is 0.726. The zero-order valence-electron chi connectivity index (χ0n) is 10.4. The highest BCUT2D eigenvalue weighted by Gasteiger charge is 2.28. The summed E-state index contributed by atoms with van der Waals surface area (Å²) in [4.78, 5) is 0. The molecule has 2 nitrogen and oxygen atoms in total. The van der Waals surface area contributed by atoms with Crippen molar-refractivity contribution in [3.05, 3.63) is 64.1 Å². The molecule has 0 saturated heterocycles. The smallest absolute Gasteiger partial charge is 0.119 e. The first-order chi connectivity index (χ1) is 8.55. The van der Waals surface area contributed by atoms with E-state index in [0.717, 1.165) is 21.3 Å². The van der Waals surface area contributed by atoms with Crippen LogP contribution in [0.4, 0.5) is 0 Å². The van der Waals surface area contributed by atoms with Crippen molar-refractivity contribution in [2.75, 3.05) is 7.11 Å². The lowest BCUT2D eigenvalue weighted by molar-refractivity contribution is 0.101. The lowest BCUT2D eigenvalue weighted by Crippen LogP contribution is -2.23. The number of halogens is 1. The van der Waals surface area contributed by atoms with Crippen LogP contribution in [0.2, 0.25) is 0 Å². The SMILES string of the molecule is COc1ccc(Br)c(C(C)(O)c2ccccc2)c1. The van der Waals surface area contributed by atoms with E-state index in [4.69, 9.17) is 4.74 Å². The summed E-state index contributed by atoms with van der Waals surface area (Å²) in [6.07, 6.45) is 0. The first-order valence-corrected chi connectivity index (χ1v) is 6.47. The van der Waals surface area contributed by atoms with Crippen LogP contribution in [0.15, 0.2) is 53.0 Å². The molecule has 2 aromatic rings. The van der Waals surface area contributed by atoms with Crippen LogP contribution in [0.3, 0.4) is 0 Å². The molecule has 0 bridgehead atoms. The summed E-state index contributed by atoms with van der Waals surface area (Å²) in [7, 11) is 1.62. The van der Waals surface area contributed by atoms with Gasteiger partial charge in [-0.25, -0.2) is 0 Å². The van der Waals surface area contributed by atoms with E-state index >= 15 is 0 Å². The lowest BCUT2D eigenvalue weighted by Gasteiger charge is -2.26. The fraction of sp³-hybridized carbons (Fsp3) is 0.200. The normalized spacial score (nSPS) is 14.0. The Labute approximate surface area is 115 Å². The van der Waals surface area contributed by atoms with Gasteiger partial charge >= 0.3 is 0 Å². The maximum atomic E-state index is 10.8. The third-order valence-electron chi connectivity index (χ3n) is 3.03. The molecule has 1 atom stereocenters. The highest BCUT2D eigenvalue weighted by Crippen LogP contribution is 2.36. The van der Waals surface area contributed by atoms with E-state index in [9.17, 15) is 5.11 Å². The summed E-state index contributed by atoms with van der Waals surface area (Å²) in [6, 6.07) is 15.2. The number of ether oxygens (including phenoxy) is 1. The van der Waals surface area contributed by atoms with Crippen molar-refractivity contribution >= 4 is 15.9 Å². The molecule has 0 heterocycles. The minimum Gasteiger partial charge on any atom is -0.497 e. The van der Waals surface area contributed by atoms with Gasteiger partial charge in [0, 0.05) is 10.0 Å². The van der Waals surface area contributed by atoms with Crippen LogP contribution >= 0.6 is 15.9 Å². The van der Waals surface area contributed by atoms with E-state index in [1.54, 1.807) is 14.0 Å². The molecule has 0 aliphatic carbocycles. The Balaban J connectivity index is 2.53. The van der Waals surface area contributed by atoms with Gasteiger partial charge in [0.1, 0.15) is 11.4 Å². The minimum absolute atomic E-state index is 0.726. The molecular formula is C15H15BrO2. The van der Waals surface area contributed by atoms with Crippen LogP contribution in [0.1, 0.15) is 18.1 Å². The molecule has 0 spiro atoms. The quantitative estimate of drug-likeness (QED) is 0.936. The number of benzene rings is 2. The maximum absolute atomic E-state index is 10.8. The van der Waals surface area contributed by atoms with Gasteiger partial charge < -0.3 is 9.84 Å². The van der Waals surface area contributed by atoms with Crippen LogP contribution in [-0.4, -0.2) is 12.2 Å². The van der Waals surface area contributed by atoms with Gasteiger partial charge in [-0.15, -0.1) is 0 Å². The molecule has 2 aromatic carbocycles. The van der Waals surface area contributed by atoms with Gasteiger partial charge in [0.05, 0.1) is 7.11 Å². The fourth-order valence-electron chi connectivity index (χ4n) is 1.92. The topological polar surface area (TPSA) is 29.5 Å². The number of methoxy groups -OCH3 is 1. The summed E-state index contributed by atoms with van der Waals surface area (Å²) in [5.41, 5.74) is 0.571. The van der Waals surface area contributed by atoms with Gasteiger partial charge in [0.15, 0.2) is 0 Å². The third kappa shape index (κ3) is 2.42. The average Bonchev–Trinajstić information content (AvgIpc) is 2.40. The third-order valence-corrected chi connectivity index (χ3v) is 3.73. The standard InChI is InChI=1S/C15H15BrO2/c1-15(17,11-6-4-3-5-7-11)13-10-12(18-2)8-9-14(13)16/h3-10,17H,1-2H3. The second kappa shape index (κ2) is 5.12. The average molecular weight is 307 g/mol. The van der Waals surface area contributed by atoms with Crippen LogP contribution < -0.4 is 4.74 Å². The van der Waals surface area contributed by atoms with Gasteiger partial charge in [0.2, 0.25) is 0 Å². The zero-order chi connectivity index (χ0) is 13.2. The molecule has 94 valence electrons. The highest BCUT2D eigenvalue weighted by molar-refractivity contribution is 9.10. The molecule has 0 saturated carbocycles. The van der Waals surface area contributed by atoms with Gasteiger partial charge in [-0.3, -0.25) is 0 Å². The van der Waals surface area contributed by atoms with Crippen LogP contribution in [0, 0.1) is 0 Å². The Morgan fingerprint density at radius 3 is 2.39 bits per heavy atom. The van der Waals surface area contributed by atoms with Crippen molar-refractivity contribution in [1.82, 2.24) is 0 Å². The predicted octanol–water partition coefficient (Wildman–Crippen LogP) is 3.71. The van der Waals surface area contributed by atoms with Crippen LogP contribution in [0.5, 0.6) is 5.75 Å². The van der Waals surface area contributed by atoms with Crippen molar-refractivity contribution < 1.29 is 9.84 Å². The Morgan fingerprint density at radius 2 is 1.78 bits per heavy atom. The highest BCUT2D eigenvalue weighted by atomic mass is 79.9. The maximum Gasteiger partial charge on any atom is 0.119 e. The summed E-state index contributed by atoms with van der Waals surface area (Å²) < 4.78 is 6.07. The van der Waals surface area contributed by atoms with Gasteiger partial charge in [-0.2, -0.15) is 0 Å². The molecule has 3 heteroatoms. The van der Waals surface area contributed by atoms with Crippen molar-refractivity contribution in [1.29, 1.82) is 0 Å². The molecule has 0 aromatic heterocycles. The Kier molecular flexibility index (Phi) is 3.73. The second-order valence-corrected chi connectivity index (χ2v) is 5.14. The van der Waals surface area contributed by atoms with E-state index in [1.807, 2.05) is 48.5 Å². The molecule has 0 fully saturated rings. The van der Waals surface area contributed by atoms with Crippen molar-refractivity contribution in [3.8, 4) is 5.75 Å². The van der Waals surface area contributed by atoms with E-state index in [-0.39, 0.29) is 0 Å².